The largest absolute Gasteiger partial charge is 0.397 e. The number of hydrogen-bond donors (Lipinski definition) is 11. The zero-order valence-corrected chi connectivity index (χ0v) is 26.6. The molecule has 3 heterocycles. The standard InChI is InChI=1S/C22H38N2O22S2/c1-6(28)23-11-13(30)17(45-47(34,35)36)9(4-26)41-21(11)43-16-8(3-25)42-22(15(32)14(16)31)44-19-12(24-7(2)29)20(33)40-10(5-27)18(19)46-48(37,38)39/h8-22,25-27,30-33H,3-5H2,1-2H3,(H,23,28)(H,24,29)(H,34,35,36)(H,37,38,39)/t8-,9-,10-,11-,12-,13-,14-,15-,16-,17+,18+,19-,20?,21+,22+/m1/s1. The first-order valence-electron chi connectivity index (χ1n) is 13.9. The van der Waals surface area contributed by atoms with Gasteiger partial charge in [-0.25, -0.2) is 8.37 Å². The second kappa shape index (κ2) is 16.5. The summed E-state index contributed by atoms with van der Waals surface area (Å²) in [5.74, 6) is -1.67. The minimum absolute atomic E-state index is 0.829. The molecule has 2 amide bonds. The molecular formula is C22H38N2O22S2. The van der Waals surface area contributed by atoms with Crippen LogP contribution in [-0.2, 0) is 62.4 Å². The van der Waals surface area contributed by atoms with E-state index < -0.39 is 144 Å². The molecule has 0 aromatic rings. The highest BCUT2D eigenvalue weighted by Crippen LogP contribution is 2.34. The van der Waals surface area contributed by atoms with Gasteiger partial charge in [0.05, 0.1) is 19.8 Å². The Bertz CT molecular complexity index is 1320. The molecule has 3 aliphatic rings. The van der Waals surface area contributed by atoms with Crippen LogP contribution in [0.4, 0.5) is 0 Å². The fourth-order valence-corrected chi connectivity index (χ4v) is 6.38. The number of aliphatic hydroxyl groups is 7. The van der Waals surface area contributed by atoms with Crippen molar-refractivity contribution in [2.45, 2.75) is 106 Å². The number of rotatable bonds is 13. The summed E-state index contributed by atoms with van der Waals surface area (Å²) in [6.07, 6.45) is -25.5. The third-order valence-corrected chi connectivity index (χ3v) is 8.24. The van der Waals surface area contributed by atoms with Gasteiger partial charge in [-0.2, -0.15) is 16.8 Å². The molecule has 3 saturated heterocycles. The third kappa shape index (κ3) is 10.1. The average molecular weight is 747 g/mol. The highest BCUT2D eigenvalue weighted by Gasteiger charge is 2.55. The van der Waals surface area contributed by atoms with Crippen LogP contribution in [0.3, 0.4) is 0 Å². The second-order valence-corrected chi connectivity index (χ2v) is 12.9. The molecule has 11 N–H and O–H groups in total. The van der Waals surface area contributed by atoms with Gasteiger partial charge in [0, 0.05) is 13.8 Å². The zero-order valence-electron chi connectivity index (χ0n) is 24.9. The van der Waals surface area contributed by atoms with Crippen LogP contribution < -0.4 is 10.6 Å². The van der Waals surface area contributed by atoms with Crippen LogP contribution in [0, 0.1) is 0 Å². The van der Waals surface area contributed by atoms with Gasteiger partial charge in [-0.15, -0.1) is 0 Å². The van der Waals surface area contributed by atoms with Crippen LogP contribution in [0.25, 0.3) is 0 Å². The van der Waals surface area contributed by atoms with Crippen molar-refractivity contribution in [3.8, 4) is 0 Å². The molecule has 24 nitrogen and oxygen atoms in total. The minimum Gasteiger partial charge on any atom is -0.394 e. The zero-order chi connectivity index (χ0) is 36.3. The van der Waals surface area contributed by atoms with Crippen LogP contribution >= 0.6 is 0 Å². The molecule has 0 aliphatic carbocycles. The Morgan fingerprint density at radius 2 is 1.04 bits per heavy atom. The number of nitrogens with one attached hydrogen (secondary N) is 2. The van der Waals surface area contributed by atoms with Gasteiger partial charge in [-0.1, -0.05) is 0 Å². The van der Waals surface area contributed by atoms with Crippen LogP contribution in [-0.4, -0.2) is 185 Å². The molecule has 0 spiro atoms. The van der Waals surface area contributed by atoms with Gasteiger partial charge in [0.2, 0.25) is 11.8 Å². The summed E-state index contributed by atoms with van der Waals surface area (Å²) in [7, 11) is -10.6. The second-order valence-electron chi connectivity index (χ2n) is 10.8. The van der Waals surface area contributed by atoms with Crippen LogP contribution in [0.1, 0.15) is 13.8 Å². The van der Waals surface area contributed by atoms with Gasteiger partial charge < -0.3 is 70.1 Å². The Kier molecular flexibility index (Phi) is 13.9. The first kappa shape index (κ1) is 40.6. The molecule has 0 saturated carbocycles. The van der Waals surface area contributed by atoms with Crippen LogP contribution in [0.2, 0.25) is 0 Å². The first-order valence-corrected chi connectivity index (χ1v) is 16.6. The molecule has 0 radical (unpaired) electrons. The topological polar surface area (TPSA) is 373 Å². The summed E-state index contributed by atoms with van der Waals surface area (Å²) in [5, 5.41) is 77.2. The van der Waals surface area contributed by atoms with Crippen LogP contribution in [0.15, 0.2) is 0 Å². The lowest BCUT2D eigenvalue weighted by Gasteiger charge is -2.49. The smallest absolute Gasteiger partial charge is 0.394 e. The van der Waals surface area contributed by atoms with Gasteiger partial charge >= 0.3 is 20.8 Å². The lowest BCUT2D eigenvalue weighted by atomic mass is 9.94. The minimum atomic E-state index is -5.33. The van der Waals surface area contributed by atoms with Crippen molar-refractivity contribution in [1.29, 1.82) is 0 Å². The van der Waals surface area contributed by atoms with E-state index in [1.165, 1.54) is 0 Å². The van der Waals surface area contributed by atoms with Gasteiger partial charge in [0.1, 0.15) is 73.1 Å². The molecule has 3 aliphatic heterocycles. The summed E-state index contributed by atoms with van der Waals surface area (Å²) in [6, 6.07) is -3.47. The van der Waals surface area contributed by atoms with Crippen molar-refractivity contribution in [3.63, 3.8) is 0 Å². The molecule has 15 atom stereocenters. The fourth-order valence-electron chi connectivity index (χ4n) is 5.35. The molecule has 0 bridgehead atoms. The molecular weight excluding hydrogens is 708 g/mol. The van der Waals surface area contributed by atoms with E-state index in [-0.39, 0.29) is 0 Å². The Morgan fingerprint density at radius 1 is 0.604 bits per heavy atom. The van der Waals surface area contributed by atoms with Crippen molar-refractivity contribution in [3.05, 3.63) is 0 Å². The summed E-state index contributed by atoms with van der Waals surface area (Å²) >= 11 is 0. The lowest BCUT2D eigenvalue weighted by molar-refractivity contribution is -0.363. The third-order valence-electron chi connectivity index (χ3n) is 7.31. The number of amides is 2. The van der Waals surface area contributed by atoms with Crippen molar-refractivity contribution in [1.82, 2.24) is 10.6 Å². The van der Waals surface area contributed by atoms with E-state index >= 15 is 0 Å². The average Bonchev–Trinajstić information content (AvgIpc) is 2.96. The quantitative estimate of drug-likeness (QED) is 0.0779. The van der Waals surface area contributed by atoms with Crippen LogP contribution in [0.5, 0.6) is 0 Å². The van der Waals surface area contributed by atoms with Gasteiger partial charge in [-0.05, 0) is 0 Å². The maximum absolute atomic E-state index is 11.9. The summed E-state index contributed by atoms with van der Waals surface area (Å²) in [5.41, 5.74) is 0. The van der Waals surface area contributed by atoms with Crippen molar-refractivity contribution in [2.75, 3.05) is 19.8 Å². The molecule has 1 unspecified atom stereocenters. The number of hydrogen-bond acceptors (Lipinski definition) is 20. The highest BCUT2D eigenvalue weighted by molar-refractivity contribution is 7.81. The van der Waals surface area contributed by atoms with E-state index in [4.69, 9.17) is 28.2 Å². The molecule has 3 rings (SSSR count). The molecule has 280 valence electrons. The van der Waals surface area contributed by atoms with Crippen molar-refractivity contribution in [2.24, 2.45) is 0 Å². The van der Waals surface area contributed by atoms with E-state index in [1.54, 1.807) is 0 Å². The Labute approximate surface area is 272 Å². The van der Waals surface area contributed by atoms with Gasteiger partial charge in [-0.3, -0.25) is 18.7 Å². The molecule has 48 heavy (non-hydrogen) atoms. The van der Waals surface area contributed by atoms with E-state index in [9.17, 15) is 66.7 Å². The number of aliphatic hydroxyl groups excluding tert-OH is 7. The summed E-state index contributed by atoms with van der Waals surface area (Å²) < 4.78 is 101. The van der Waals surface area contributed by atoms with E-state index in [0.717, 1.165) is 13.8 Å². The van der Waals surface area contributed by atoms with Gasteiger partial charge in [0.15, 0.2) is 18.9 Å². The number of ether oxygens (including phenoxy) is 5. The number of carbonyl (C=O) groups is 2. The van der Waals surface area contributed by atoms with Crippen molar-refractivity contribution < 1.29 is 103 Å². The maximum atomic E-state index is 11.9. The maximum Gasteiger partial charge on any atom is 0.397 e. The predicted molar refractivity (Wildman–Crippen MR) is 145 cm³/mol. The summed E-state index contributed by atoms with van der Waals surface area (Å²) in [4.78, 5) is 23.7. The van der Waals surface area contributed by atoms with Gasteiger partial charge in [0.25, 0.3) is 0 Å². The SMILES string of the molecule is CC(=O)N[C@H]1[C@H](O[C@H]2[C@H](O)[C@@H](O)[C@H](O[C@H]3[C@@H](OS(=O)(=O)O)[C@@H](CO)OC(O)[C@@H]3NC(C)=O)O[C@@H]2CO)O[C@H](CO)[C@H](OS(=O)(=O)O)[C@@H]1O. The fraction of sp³-hybridized carbons (Fsp3) is 0.909. The van der Waals surface area contributed by atoms with E-state index in [1.807, 2.05) is 0 Å². The van der Waals surface area contributed by atoms with E-state index in [2.05, 4.69) is 19.0 Å². The molecule has 3 fully saturated rings. The lowest BCUT2D eigenvalue weighted by Crippen LogP contribution is -2.69. The van der Waals surface area contributed by atoms with Crippen molar-refractivity contribution >= 4 is 32.6 Å². The normalized spacial score (nSPS) is 41.0. The molecule has 0 aromatic heterocycles. The molecule has 26 heteroatoms. The first-order chi connectivity index (χ1) is 22.2. The van der Waals surface area contributed by atoms with E-state index in [0.29, 0.717) is 0 Å². The Hall–Kier alpha value is -1.80. The highest BCUT2D eigenvalue weighted by atomic mass is 32.3. The summed E-state index contributed by atoms with van der Waals surface area (Å²) in [6.45, 7) is -1.17. The predicted octanol–water partition coefficient (Wildman–Crippen LogP) is -7.63. The number of carbonyl (C=O) groups excluding carboxylic acids is 2. The Balaban J connectivity index is 1.91. The Morgan fingerprint density at radius 3 is 1.54 bits per heavy atom. The monoisotopic (exact) mass is 746 g/mol. The molecule has 0 aromatic carbocycles.